The van der Waals surface area contributed by atoms with Gasteiger partial charge in [-0.1, -0.05) is 18.2 Å². The molecular formula is C16H23NO4S. The molecule has 2 heterocycles. The Morgan fingerprint density at radius 1 is 1.32 bits per heavy atom. The minimum Gasteiger partial charge on any atom is -0.396 e. The molecule has 2 saturated heterocycles. The van der Waals surface area contributed by atoms with Crippen LogP contribution in [0.25, 0.3) is 0 Å². The molecule has 0 unspecified atom stereocenters. The van der Waals surface area contributed by atoms with E-state index in [0.29, 0.717) is 30.6 Å². The molecule has 0 aromatic heterocycles. The third-order valence-electron chi connectivity index (χ3n) is 5.04. The Labute approximate surface area is 131 Å². The fourth-order valence-electron chi connectivity index (χ4n) is 3.58. The molecular weight excluding hydrogens is 302 g/mol. The Morgan fingerprint density at radius 3 is 2.77 bits per heavy atom. The highest BCUT2D eigenvalue weighted by Gasteiger charge is 2.47. The first-order valence-electron chi connectivity index (χ1n) is 7.74. The van der Waals surface area contributed by atoms with Crippen molar-refractivity contribution in [2.45, 2.75) is 11.3 Å². The van der Waals surface area contributed by atoms with E-state index in [1.165, 1.54) is 0 Å². The van der Waals surface area contributed by atoms with E-state index in [9.17, 15) is 13.5 Å². The second-order valence-corrected chi connectivity index (χ2v) is 8.52. The number of sulfone groups is 1. The van der Waals surface area contributed by atoms with E-state index in [2.05, 4.69) is 4.90 Å². The van der Waals surface area contributed by atoms with E-state index in [1.54, 1.807) is 24.3 Å². The predicted molar refractivity (Wildman–Crippen MR) is 83.4 cm³/mol. The first-order valence-corrected chi connectivity index (χ1v) is 9.40. The fraction of sp³-hybridized carbons (Fsp3) is 0.625. The zero-order chi connectivity index (χ0) is 15.6. The molecule has 0 amide bonds. The van der Waals surface area contributed by atoms with Gasteiger partial charge in [-0.25, -0.2) is 8.42 Å². The largest absolute Gasteiger partial charge is 0.396 e. The molecule has 2 aliphatic heterocycles. The molecule has 0 spiro atoms. The lowest BCUT2D eigenvalue weighted by atomic mass is 9.75. The van der Waals surface area contributed by atoms with E-state index in [4.69, 9.17) is 4.74 Å². The lowest BCUT2D eigenvalue weighted by Gasteiger charge is -2.36. The van der Waals surface area contributed by atoms with E-state index in [-0.39, 0.29) is 17.8 Å². The van der Waals surface area contributed by atoms with Crippen LogP contribution in [0.5, 0.6) is 0 Å². The van der Waals surface area contributed by atoms with Gasteiger partial charge in [0.05, 0.1) is 23.9 Å². The highest BCUT2D eigenvalue weighted by atomic mass is 32.2. The highest BCUT2D eigenvalue weighted by molar-refractivity contribution is 7.91. The van der Waals surface area contributed by atoms with Crippen molar-refractivity contribution in [3.63, 3.8) is 0 Å². The number of hydrogen-bond acceptors (Lipinski definition) is 5. The number of hydrogen-bond donors (Lipinski definition) is 1. The summed E-state index contributed by atoms with van der Waals surface area (Å²) in [6, 6.07) is 8.59. The molecule has 22 heavy (non-hydrogen) atoms. The van der Waals surface area contributed by atoms with Crippen molar-refractivity contribution >= 4 is 9.84 Å². The van der Waals surface area contributed by atoms with E-state index in [0.717, 1.165) is 19.5 Å². The average Bonchev–Trinajstić information content (AvgIpc) is 2.93. The topological polar surface area (TPSA) is 66.8 Å². The molecule has 1 N–H and O–H groups in total. The molecule has 0 radical (unpaired) electrons. The van der Waals surface area contributed by atoms with Crippen molar-refractivity contribution in [2.75, 3.05) is 45.2 Å². The van der Waals surface area contributed by atoms with Crippen LogP contribution in [-0.4, -0.2) is 63.6 Å². The molecule has 3 rings (SSSR count). The Morgan fingerprint density at radius 2 is 2.09 bits per heavy atom. The van der Waals surface area contributed by atoms with Gasteiger partial charge in [-0.15, -0.1) is 0 Å². The van der Waals surface area contributed by atoms with Gasteiger partial charge in [-0.3, -0.25) is 0 Å². The van der Waals surface area contributed by atoms with Crippen LogP contribution in [0.3, 0.4) is 0 Å². The Bertz CT molecular complexity index is 604. The number of aliphatic hydroxyl groups is 1. The smallest absolute Gasteiger partial charge is 0.179 e. The minimum absolute atomic E-state index is 0.102. The molecule has 2 atom stereocenters. The third kappa shape index (κ3) is 3.06. The summed E-state index contributed by atoms with van der Waals surface area (Å²) in [5.74, 6) is 0.428. The number of likely N-dealkylation sites (tertiary alicyclic amines) is 1. The van der Waals surface area contributed by atoms with Crippen LogP contribution >= 0.6 is 0 Å². The second kappa shape index (κ2) is 6.28. The second-order valence-electron chi connectivity index (χ2n) is 6.41. The molecule has 1 aromatic rings. The first-order chi connectivity index (χ1) is 10.6. The normalized spacial score (nSPS) is 29.4. The average molecular weight is 325 g/mol. The monoisotopic (exact) mass is 325 g/mol. The van der Waals surface area contributed by atoms with Gasteiger partial charge in [0.2, 0.25) is 0 Å². The molecule has 5 nitrogen and oxygen atoms in total. The van der Waals surface area contributed by atoms with Gasteiger partial charge in [0.25, 0.3) is 0 Å². The third-order valence-corrected chi connectivity index (χ3v) is 6.75. The molecule has 122 valence electrons. The molecule has 0 saturated carbocycles. The molecule has 6 heteroatoms. The molecule has 1 aromatic carbocycles. The standard InChI is InChI=1S/C16H23NO4S/c18-13-16-6-8-21-11-14(16)10-17(12-16)7-9-22(19,20)15-4-2-1-3-5-15/h1-5,14,18H,6-13H2/t14-,16-/m1/s1. The van der Waals surface area contributed by atoms with Gasteiger partial charge < -0.3 is 14.7 Å². The maximum Gasteiger partial charge on any atom is 0.179 e. The zero-order valence-electron chi connectivity index (χ0n) is 12.6. The molecule has 0 bridgehead atoms. The lowest BCUT2D eigenvalue weighted by Crippen LogP contribution is -2.41. The number of ether oxygens (including phenoxy) is 1. The number of aliphatic hydroxyl groups excluding tert-OH is 1. The molecule has 2 aliphatic rings. The SMILES string of the molecule is O=S(=O)(CCN1C[C@@H]2COCC[C@]2(CO)C1)c1ccccc1. The van der Waals surface area contributed by atoms with Crippen LogP contribution in [0, 0.1) is 11.3 Å². The highest BCUT2D eigenvalue weighted by Crippen LogP contribution is 2.41. The summed E-state index contributed by atoms with van der Waals surface area (Å²) in [6.07, 6.45) is 0.857. The Kier molecular flexibility index (Phi) is 4.54. The first kappa shape index (κ1) is 15.9. The fourth-order valence-corrected chi connectivity index (χ4v) is 4.89. The number of rotatable bonds is 5. The van der Waals surface area contributed by atoms with E-state index in [1.807, 2.05) is 6.07 Å². The van der Waals surface area contributed by atoms with Gasteiger partial charge >= 0.3 is 0 Å². The van der Waals surface area contributed by atoms with Crippen LogP contribution in [0.15, 0.2) is 35.2 Å². The van der Waals surface area contributed by atoms with Gasteiger partial charge in [0.1, 0.15) is 0 Å². The number of fused-ring (bicyclic) bond motifs is 1. The maximum atomic E-state index is 12.4. The summed E-state index contributed by atoms with van der Waals surface area (Å²) >= 11 is 0. The maximum absolute atomic E-state index is 12.4. The summed E-state index contributed by atoms with van der Waals surface area (Å²) < 4.78 is 30.2. The van der Waals surface area contributed by atoms with Crippen LogP contribution in [-0.2, 0) is 14.6 Å². The van der Waals surface area contributed by atoms with Gasteiger partial charge in [0, 0.05) is 37.6 Å². The van der Waals surface area contributed by atoms with Crippen molar-refractivity contribution in [3.05, 3.63) is 30.3 Å². The Hall–Kier alpha value is -0.950. The summed E-state index contributed by atoms with van der Waals surface area (Å²) in [5.41, 5.74) is -0.102. The van der Waals surface area contributed by atoms with E-state index >= 15 is 0 Å². The predicted octanol–water partition coefficient (Wildman–Crippen LogP) is 0.791. The van der Waals surface area contributed by atoms with Gasteiger partial charge in [-0.05, 0) is 18.6 Å². The van der Waals surface area contributed by atoms with Crippen molar-refractivity contribution in [3.8, 4) is 0 Å². The van der Waals surface area contributed by atoms with Crippen molar-refractivity contribution < 1.29 is 18.3 Å². The molecule has 0 aliphatic carbocycles. The van der Waals surface area contributed by atoms with Gasteiger partial charge in [-0.2, -0.15) is 0 Å². The van der Waals surface area contributed by atoms with Crippen LogP contribution in [0.2, 0.25) is 0 Å². The van der Waals surface area contributed by atoms with Crippen molar-refractivity contribution in [1.82, 2.24) is 4.90 Å². The zero-order valence-corrected chi connectivity index (χ0v) is 13.5. The van der Waals surface area contributed by atoms with Crippen molar-refractivity contribution in [1.29, 1.82) is 0 Å². The van der Waals surface area contributed by atoms with Crippen LogP contribution < -0.4 is 0 Å². The molecule has 2 fully saturated rings. The van der Waals surface area contributed by atoms with E-state index < -0.39 is 9.84 Å². The number of nitrogens with zero attached hydrogens (tertiary/aromatic N) is 1. The Balaban J connectivity index is 1.63. The van der Waals surface area contributed by atoms with Gasteiger partial charge in [0.15, 0.2) is 9.84 Å². The van der Waals surface area contributed by atoms with Crippen LogP contribution in [0.4, 0.5) is 0 Å². The minimum atomic E-state index is -3.24. The summed E-state index contributed by atoms with van der Waals surface area (Å²) in [6.45, 7) is 3.60. The summed E-state index contributed by atoms with van der Waals surface area (Å²) in [5, 5.41) is 9.78. The van der Waals surface area contributed by atoms with Crippen molar-refractivity contribution in [2.24, 2.45) is 11.3 Å². The van der Waals surface area contributed by atoms with Crippen LogP contribution in [0.1, 0.15) is 6.42 Å². The lowest BCUT2D eigenvalue weighted by molar-refractivity contribution is -0.0416. The number of benzene rings is 1. The quantitative estimate of drug-likeness (QED) is 0.867. The summed E-state index contributed by atoms with van der Waals surface area (Å²) in [7, 11) is -3.24. The summed E-state index contributed by atoms with van der Waals surface area (Å²) in [4.78, 5) is 2.54.